The lowest BCUT2D eigenvalue weighted by atomic mass is 10.1. The number of aromatic nitrogens is 4. The van der Waals surface area contributed by atoms with Crippen LogP contribution in [0, 0.1) is 27.7 Å². The number of fused-ring (bicyclic) bond motifs is 2. The molecule has 128 valence electrons. The van der Waals surface area contributed by atoms with Crippen LogP contribution in [-0.4, -0.2) is 25.7 Å². The largest absolute Gasteiger partial charge is 0.356 e. The summed E-state index contributed by atoms with van der Waals surface area (Å²) < 4.78 is 7.13. The molecule has 3 heterocycles. The number of thiazole rings is 1. The topological polar surface area (TPSA) is 85.3 Å². The molecule has 4 aromatic rings. The summed E-state index contributed by atoms with van der Waals surface area (Å²) in [4.78, 5) is 18.6. The van der Waals surface area contributed by atoms with Gasteiger partial charge in [0, 0.05) is 10.3 Å². The lowest BCUT2D eigenvalue weighted by Crippen LogP contribution is -2.16. The number of nitrogens with one attached hydrogen (secondary N) is 1. The summed E-state index contributed by atoms with van der Waals surface area (Å²) in [5, 5.41) is 12.0. The van der Waals surface area contributed by atoms with Crippen LogP contribution >= 0.6 is 11.3 Å². The van der Waals surface area contributed by atoms with Crippen LogP contribution in [0.5, 0.6) is 0 Å². The normalized spacial score (nSPS) is 11.5. The molecule has 0 fully saturated rings. The molecule has 7 nitrogen and oxygen atoms in total. The summed E-state index contributed by atoms with van der Waals surface area (Å²) in [5.74, 6) is 0.0847. The van der Waals surface area contributed by atoms with Crippen molar-refractivity contribution in [1.82, 2.24) is 19.8 Å². The maximum atomic E-state index is 12.4. The monoisotopic (exact) mass is 355 g/mol. The quantitative estimate of drug-likeness (QED) is 0.609. The third kappa shape index (κ3) is 2.68. The first-order valence-corrected chi connectivity index (χ1v) is 8.72. The Morgan fingerprint density at radius 3 is 2.84 bits per heavy atom. The zero-order valence-electron chi connectivity index (χ0n) is 14.4. The van der Waals surface area contributed by atoms with Crippen molar-refractivity contribution in [1.29, 1.82) is 0 Å². The van der Waals surface area contributed by atoms with Crippen molar-refractivity contribution in [3.8, 4) is 0 Å². The van der Waals surface area contributed by atoms with E-state index in [2.05, 4.69) is 20.6 Å². The second kappa shape index (κ2) is 5.66. The maximum Gasteiger partial charge on any atom is 0.250 e. The van der Waals surface area contributed by atoms with E-state index in [-0.39, 0.29) is 12.3 Å². The molecule has 0 aliphatic rings. The van der Waals surface area contributed by atoms with Gasteiger partial charge in [-0.1, -0.05) is 22.6 Å². The van der Waals surface area contributed by atoms with E-state index < -0.39 is 0 Å². The Morgan fingerprint density at radius 1 is 1.28 bits per heavy atom. The Balaban J connectivity index is 1.57. The van der Waals surface area contributed by atoms with Gasteiger partial charge in [-0.3, -0.25) is 10.1 Å². The second-order valence-electron chi connectivity index (χ2n) is 6.19. The van der Waals surface area contributed by atoms with Crippen LogP contribution < -0.4 is 5.32 Å². The zero-order valence-corrected chi connectivity index (χ0v) is 15.2. The van der Waals surface area contributed by atoms with Crippen molar-refractivity contribution in [3.63, 3.8) is 0 Å². The van der Waals surface area contributed by atoms with Gasteiger partial charge in [0.2, 0.25) is 16.8 Å². The number of nitrogens with zero attached hydrogens (tertiary/aromatic N) is 4. The number of hydrogen-bond acceptors (Lipinski definition) is 6. The predicted octanol–water partition coefficient (Wildman–Crippen LogP) is 3.35. The molecule has 4 rings (SSSR count). The van der Waals surface area contributed by atoms with Crippen molar-refractivity contribution in [2.45, 2.75) is 34.1 Å². The van der Waals surface area contributed by atoms with Crippen molar-refractivity contribution in [3.05, 3.63) is 39.5 Å². The first-order valence-electron chi connectivity index (χ1n) is 7.90. The molecule has 25 heavy (non-hydrogen) atoms. The van der Waals surface area contributed by atoms with Crippen molar-refractivity contribution in [2.75, 3.05) is 5.32 Å². The Hall–Kier alpha value is -2.74. The number of benzene rings is 1. The summed E-state index contributed by atoms with van der Waals surface area (Å²) in [6.45, 7) is 7.98. The summed E-state index contributed by atoms with van der Waals surface area (Å²) in [7, 11) is 0. The van der Waals surface area contributed by atoms with Crippen LogP contribution in [0.1, 0.15) is 27.4 Å². The fourth-order valence-corrected chi connectivity index (χ4v) is 3.79. The highest BCUT2D eigenvalue weighted by atomic mass is 32.1. The molecular formula is C17H17N5O2S. The highest BCUT2D eigenvalue weighted by Gasteiger charge is 2.17. The average Bonchev–Trinajstić information content (AvgIpc) is 3.17. The van der Waals surface area contributed by atoms with Gasteiger partial charge in [-0.15, -0.1) is 5.10 Å². The van der Waals surface area contributed by atoms with E-state index in [1.807, 2.05) is 39.8 Å². The van der Waals surface area contributed by atoms with Crippen LogP contribution in [0.25, 0.3) is 15.9 Å². The predicted molar refractivity (Wildman–Crippen MR) is 96.2 cm³/mol. The Labute approximate surface area is 147 Å². The van der Waals surface area contributed by atoms with Crippen LogP contribution in [-0.2, 0) is 11.2 Å². The molecule has 3 aromatic heterocycles. The molecular weight excluding hydrogens is 338 g/mol. The van der Waals surface area contributed by atoms with Crippen LogP contribution in [0.3, 0.4) is 0 Å². The summed E-state index contributed by atoms with van der Waals surface area (Å²) >= 11 is 1.55. The van der Waals surface area contributed by atoms with Crippen molar-refractivity contribution in [2.24, 2.45) is 0 Å². The zero-order chi connectivity index (χ0) is 17.7. The number of hydrogen-bond donors (Lipinski definition) is 1. The Kier molecular flexibility index (Phi) is 3.57. The first-order chi connectivity index (χ1) is 11.9. The highest BCUT2D eigenvalue weighted by Crippen LogP contribution is 2.25. The molecule has 0 spiro atoms. The van der Waals surface area contributed by atoms with Gasteiger partial charge in [0.25, 0.3) is 0 Å². The summed E-state index contributed by atoms with van der Waals surface area (Å²) in [5.41, 5.74) is 4.49. The summed E-state index contributed by atoms with van der Waals surface area (Å²) in [6, 6.07) is 4.02. The number of rotatable bonds is 3. The molecule has 0 aliphatic carbocycles. The second-order valence-corrected chi connectivity index (χ2v) is 7.37. The van der Waals surface area contributed by atoms with Crippen LogP contribution in [0.15, 0.2) is 16.7 Å². The minimum Gasteiger partial charge on any atom is -0.356 e. The number of amides is 1. The molecule has 0 saturated carbocycles. The Morgan fingerprint density at radius 2 is 2.08 bits per heavy atom. The SMILES string of the molecule is Cc1cc(C)c2onc(CC(=O)Nc3nc4sc(C)c(C)n4n3)c2c1. The lowest BCUT2D eigenvalue weighted by molar-refractivity contribution is -0.115. The van der Waals surface area contributed by atoms with E-state index in [1.165, 1.54) is 0 Å². The van der Waals surface area contributed by atoms with Gasteiger partial charge in [-0.25, -0.2) is 4.52 Å². The fourth-order valence-electron chi connectivity index (χ4n) is 2.88. The van der Waals surface area contributed by atoms with E-state index in [9.17, 15) is 4.79 Å². The molecule has 0 unspecified atom stereocenters. The van der Waals surface area contributed by atoms with Gasteiger partial charge in [-0.2, -0.15) is 4.98 Å². The fraction of sp³-hybridized carbons (Fsp3) is 0.294. The number of aryl methyl sites for hydroxylation is 4. The van der Waals surface area contributed by atoms with Crippen LogP contribution in [0.2, 0.25) is 0 Å². The number of carbonyl (C=O) groups is 1. The standard InChI is InChI=1S/C17H17N5O2S/c1-8-5-9(2)15-12(6-8)13(21-24-15)7-14(23)18-16-19-17-22(20-16)10(3)11(4)25-17/h5-6H,7H2,1-4H3,(H,18,20,23). The molecule has 0 radical (unpaired) electrons. The molecule has 0 atom stereocenters. The van der Waals surface area contributed by atoms with Gasteiger partial charge >= 0.3 is 0 Å². The van der Waals surface area contributed by atoms with Gasteiger partial charge in [0.1, 0.15) is 5.69 Å². The maximum absolute atomic E-state index is 12.4. The van der Waals surface area contributed by atoms with E-state index in [0.717, 1.165) is 37.6 Å². The minimum atomic E-state index is -0.220. The van der Waals surface area contributed by atoms with Gasteiger partial charge in [-0.05, 0) is 44.9 Å². The average molecular weight is 355 g/mol. The van der Waals surface area contributed by atoms with E-state index in [4.69, 9.17) is 4.52 Å². The third-order valence-corrected chi connectivity index (χ3v) is 5.25. The number of carbonyl (C=O) groups excluding carboxylic acids is 1. The van der Waals surface area contributed by atoms with Gasteiger partial charge in [0.05, 0.1) is 12.1 Å². The molecule has 1 N–H and O–H groups in total. The molecule has 0 aliphatic heterocycles. The molecule has 8 heteroatoms. The Bertz CT molecular complexity index is 1120. The van der Waals surface area contributed by atoms with Crippen LogP contribution in [0.4, 0.5) is 5.95 Å². The van der Waals surface area contributed by atoms with Crippen molar-refractivity contribution >= 4 is 39.1 Å². The van der Waals surface area contributed by atoms with Crippen molar-refractivity contribution < 1.29 is 9.32 Å². The van der Waals surface area contributed by atoms with Gasteiger partial charge < -0.3 is 4.52 Å². The number of anilines is 1. The third-order valence-electron chi connectivity index (χ3n) is 4.21. The first kappa shape index (κ1) is 15.8. The smallest absolute Gasteiger partial charge is 0.250 e. The van der Waals surface area contributed by atoms with E-state index in [1.54, 1.807) is 15.9 Å². The molecule has 1 amide bonds. The minimum absolute atomic E-state index is 0.112. The molecule has 0 saturated heterocycles. The lowest BCUT2D eigenvalue weighted by Gasteiger charge is -2.00. The van der Waals surface area contributed by atoms with E-state index >= 15 is 0 Å². The summed E-state index contributed by atoms with van der Waals surface area (Å²) in [6.07, 6.45) is 0.112. The molecule has 1 aromatic carbocycles. The van der Waals surface area contributed by atoms with E-state index in [0.29, 0.717) is 11.6 Å². The molecule has 0 bridgehead atoms. The van der Waals surface area contributed by atoms with Gasteiger partial charge in [0.15, 0.2) is 5.58 Å². The highest BCUT2D eigenvalue weighted by molar-refractivity contribution is 7.17.